The maximum atomic E-state index is 8.47. The molecule has 2 N–H and O–H groups in total. The summed E-state index contributed by atoms with van der Waals surface area (Å²) >= 11 is 0. The molecular weight excluding hydrogens is 250 g/mol. The number of para-hydroxylation sites is 1. The number of aromatic nitrogens is 3. The van der Waals surface area contributed by atoms with Crippen LogP contribution in [0.2, 0.25) is 0 Å². The SMILES string of the molecule is CCCCCCCCCO.Cc1cccc2n[nH]nc12. The Hall–Kier alpha value is -1.42. The molecule has 0 amide bonds. The van der Waals surface area contributed by atoms with Crippen molar-refractivity contribution < 1.29 is 5.11 Å². The second-order valence-corrected chi connectivity index (χ2v) is 5.11. The van der Waals surface area contributed by atoms with Gasteiger partial charge in [-0.1, -0.05) is 57.6 Å². The fourth-order valence-corrected chi connectivity index (χ4v) is 2.08. The van der Waals surface area contributed by atoms with Gasteiger partial charge in [-0.2, -0.15) is 15.4 Å². The Bertz CT molecular complexity index is 459. The summed E-state index contributed by atoms with van der Waals surface area (Å²) in [5.41, 5.74) is 3.05. The van der Waals surface area contributed by atoms with Crippen LogP contribution < -0.4 is 0 Å². The second-order valence-electron chi connectivity index (χ2n) is 5.11. The van der Waals surface area contributed by atoms with E-state index in [-0.39, 0.29) is 0 Å². The van der Waals surface area contributed by atoms with Crippen molar-refractivity contribution >= 4 is 11.0 Å². The van der Waals surface area contributed by atoms with Gasteiger partial charge in [-0.25, -0.2) is 0 Å². The van der Waals surface area contributed by atoms with Gasteiger partial charge in [0.1, 0.15) is 11.0 Å². The number of nitrogens with zero attached hydrogens (tertiary/aromatic N) is 2. The van der Waals surface area contributed by atoms with E-state index in [1.54, 1.807) is 0 Å². The summed E-state index contributed by atoms with van der Waals surface area (Å²) in [6.45, 7) is 4.62. The lowest BCUT2D eigenvalue weighted by Gasteiger charge is -1.97. The molecule has 0 unspecified atom stereocenters. The van der Waals surface area contributed by atoms with E-state index in [4.69, 9.17) is 5.11 Å². The van der Waals surface area contributed by atoms with Crippen molar-refractivity contribution in [1.29, 1.82) is 0 Å². The highest BCUT2D eigenvalue weighted by atomic mass is 16.2. The summed E-state index contributed by atoms with van der Waals surface area (Å²) in [7, 11) is 0. The van der Waals surface area contributed by atoms with Gasteiger partial charge in [-0.15, -0.1) is 0 Å². The zero-order chi connectivity index (χ0) is 14.6. The van der Waals surface area contributed by atoms with Crippen LogP contribution in [0.1, 0.15) is 57.4 Å². The molecule has 1 heterocycles. The molecule has 4 nitrogen and oxygen atoms in total. The molecule has 0 aliphatic rings. The Balaban J connectivity index is 0.000000200. The van der Waals surface area contributed by atoms with E-state index >= 15 is 0 Å². The molecule has 0 bridgehead atoms. The number of aromatic amines is 1. The number of rotatable bonds is 7. The van der Waals surface area contributed by atoms with Gasteiger partial charge in [0, 0.05) is 6.61 Å². The molecule has 0 spiro atoms. The van der Waals surface area contributed by atoms with Gasteiger partial charge in [0.05, 0.1) is 0 Å². The minimum absolute atomic E-state index is 0.369. The van der Waals surface area contributed by atoms with Crippen molar-refractivity contribution in [3.8, 4) is 0 Å². The predicted octanol–water partition coefficient (Wildman–Crippen LogP) is 4.00. The van der Waals surface area contributed by atoms with Crippen molar-refractivity contribution in [2.45, 2.75) is 58.8 Å². The molecule has 1 aromatic heterocycles. The highest BCUT2D eigenvalue weighted by Gasteiger charge is 1.97. The van der Waals surface area contributed by atoms with Crippen LogP contribution in [0.25, 0.3) is 11.0 Å². The minimum Gasteiger partial charge on any atom is -0.396 e. The summed E-state index contributed by atoms with van der Waals surface area (Å²) in [4.78, 5) is 0. The molecule has 0 saturated heterocycles. The van der Waals surface area contributed by atoms with E-state index in [9.17, 15) is 0 Å². The smallest absolute Gasteiger partial charge is 0.115 e. The molecule has 0 aliphatic heterocycles. The summed E-state index contributed by atoms with van der Waals surface area (Å²) in [6, 6.07) is 5.93. The van der Waals surface area contributed by atoms with E-state index < -0.39 is 0 Å². The summed E-state index contributed by atoms with van der Waals surface area (Å²) in [5.74, 6) is 0. The van der Waals surface area contributed by atoms with Gasteiger partial charge in [-0.05, 0) is 25.0 Å². The normalized spacial score (nSPS) is 10.3. The molecule has 0 fully saturated rings. The van der Waals surface area contributed by atoms with Gasteiger partial charge < -0.3 is 5.11 Å². The third-order valence-electron chi connectivity index (χ3n) is 3.31. The van der Waals surface area contributed by atoms with E-state index in [1.165, 1.54) is 38.5 Å². The minimum atomic E-state index is 0.369. The first-order valence-corrected chi connectivity index (χ1v) is 7.66. The van der Waals surface area contributed by atoms with Gasteiger partial charge in [0.25, 0.3) is 0 Å². The Labute approximate surface area is 121 Å². The molecule has 2 rings (SSSR count). The molecule has 0 aliphatic carbocycles. The number of H-pyrrole nitrogens is 1. The van der Waals surface area contributed by atoms with Gasteiger partial charge in [0.15, 0.2) is 0 Å². The zero-order valence-electron chi connectivity index (χ0n) is 12.7. The Morgan fingerprint density at radius 1 is 1.00 bits per heavy atom. The van der Waals surface area contributed by atoms with Crippen molar-refractivity contribution in [2.24, 2.45) is 0 Å². The van der Waals surface area contributed by atoms with Crippen molar-refractivity contribution in [1.82, 2.24) is 15.4 Å². The number of benzene rings is 1. The quantitative estimate of drug-likeness (QED) is 0.752. The first-order valence-electron chi connectivity index (χ1n) is 7.66. The third kappa shape index (κ3) is 6.15. The highest BCUT2D eigenvalue weighted by molar-refractivity contribution is 5.76. The van der Waals surface area contributed by atoms with Crippen LogP contribution in [-0.2, 0) is 0 Å². The van der Waals surface area contributed by atoms with Gasteiger partial charge in [-0.3, -0.25) is 0 Å². The summed E-state index contributed by atoms with van der Waals surface area (Å²) in [6.07, 6.45) is 8.93. The fraction of sp³-hybridized carbons (Fsp3) is 0.625. The summed E-state index contributed by atoms with van der Waals surface area (Å²) < 4.78 is 0. The van der Waals surface area contributed by atoms with Crippen LogP contribution in [0.5, 0.6) is 0 Å². The number of aliphatic hydroxyl groups is 1. The lowest BCUT2D eigenvalue weighted by Crippen LogP contribution is -1.83. The van der Waals surface area contributed by atoms with Crippen LogP contribution in [-0.4, -0.2) is 27.1 Å². The Kier molecular flexibility index (Phi) is 8.63. The number of aliphatic hydroxyl groups excluding tert-OH is 1. The molecule has 0 atom stereocenters. The second kappa shape index (κ2) is 10.4. The molecule has 0 radical (unpaired) electrons. The Morgan fingerprint density at radius 2 is 1.70 bits per heavy atom. The van der Waals surface area contributed by atoms with E-state index in [0.717, 1.165) is 23.0 Å². The van der Waals surface area contributed by atoms with E-state index in [0.29, 0.717) is 6.61 Å². The average molecular weight is 277 g/mol. The van der Waals surface area contributed by atoms with Crippen LogP contribution in [0.4, 0.5) is 0 Å². The lowest BCUT2D eigenvalue weighted by molar-refractivity contribution is 0.282. The van der Waals surface area contributed by atoms with Crippen LogP contribution in [0.3, 0.4) is 0 Å². The maximum Gasteiger partial charge on any atom is 0.115 e. The van der Waals surface area contributed by atoms with Crippen molar-refractivity contribution in [2.75, 3.05) is 6.61 Å². The van der Waals surface area contributed by atoms with E-state index in [2.05, 4.69) is 22.3 Å². The molecule has 112 valence electrons. The molecule has 20 heavy (non-hydrogen) atoms. The summed E-state index contributed by atoms with van der Waals surface area (Å²) in [5, 5.41) is 19.0. The molecule has 1 aromatic carbocycles. The van der Waals surface area contributed by atoms with Crippen LogP contribution in [0, 0.1) is 6.92 Å². The third-order valence-corrected chi connectivity index (χ3v) is 3.31. The average Bonchev–Trinajstić information content (AvgIpc) is 2.93. The highest BCUT2D eigenvalue weighted by Crippen LogP contribution is 2.10. The van der Waals surface area contributed by atoms with Crippen LogP contribution >= 0.6 is 0 Å². The van der Waals surface area contributed by atoms with Crippen molar-refractivity contribution in [3.63, 3.8) is 0 Å². The lowest BCUT2D eigenvalue weighted by atomic mass is 10.1. The fourth-order valence-electron chi connectivity index (χ4n) is 2.08. The molecule has 2 aromatic rings. The number of hydrogen-bond donors (Lipinski definition) is 2. The predicted molar refractivity (Wildman–Crippen MR) is 83.7 cm³/mol. The zero-order valence-corrected chi connectivity index (χ0v) is 12.7. The Morgan fingerprint density at radius 3 is 2.35 bits per heavy atom. The van der Waals surface area contributed by atoms with Crippen LogP contribution in [0.15, 0.2) is 18.2 Å². The molecule has 4 heteroatoms. The maximum absolute atomic E-state index is 8.47. The number of fused-ring (bicyclic) bond motifs is 1. The molecule has 0 saturated carbocycles. The largest absolute Gasteiger partial charge is 0.396 e. The number of nitrogens with one attached hydrogen (secondary N) is 1. The number of unbranched alkanes of at least 4 members (excludes halogenated alkanes) is 6. The number of aryl methyl sites for hydroxylation is 1. The van der Waals surface area contributed by atoms with Gasteiger partial charge >= 0.3 is 0 Å². The van der Waals surface area contributed by atoms with Gasteiger partial charge in [0.2, 0.25) is 0 Å². The molecular formula is C16H27N3O. The monoisotopic (exact) mass is 277 g/mol. The first-order chi connectivity index (χ1) is 9.79. The van der Waals surface area contributed by atoms with E-state index in [1.807, 2.05) is 25.1 Å². The standard InChI is InChI=1S/C9H20O.C7H7N3/c1-2-3-4-5-6-7-8-9-10;1-5-3-2-4-6-7(5)9-10-8-6/h10H,2-9H2,1H3;2-4H,1H3,(H,8,9,10). The topological polar surface area (TPSA) is 61.8 Å². The van der Waals surface area contributed by atoms with Crippen molar-refractivity contribution in [3.05, 3.63) is 23.8 Å². The first kappa shape index (κ1) is 16.6. The number of hydrogen-bond acceptors (Lipinski definition) is 3.